The molecule has 1 aliphatic heterocycles. The van der Waals surface area contributed by atoms with Gasteiger partial charge in [-0.2, -0.15) is 0 Å². The lowest BCUT2D eigenvalue weighted by atomic mass is 10.1. The van der Waals surface area contributed by atoms with Crippen LogP contribution in [0.15, 0.2) is 47.4 Å². The van der Waals surface area contributed by atoms with Gasteiger partial charge in [0.05, 0.1) is 4.91 Å². The van der Waals surface area contributed by atoms with E-state index < -0.39 is 23.6 Å². The Labute approximate surface area is 135 Å². The van der Waals surface area contributed by atoms with Crippen molar-refractivity contribution in [3.63, 3.8) is 0 Å². The van der Waals surface area contributed by atoms with Gasteiger partial charge in [0.2, 0.25) is 0 Å². The number of fused-ring (bicyclic) bond motifs is 1. The van der Waals surface area contributed by atoms with Crippen molar-refractivity contribution in [1.82, 2.24) is 10.4 Å². The molecule has 2 aromatic rings. The van der Waals surface area contributed by atoms with E-state index >= 15 is 0 Å². The number of carbonyl (C=O) groups excluding carboxylic acids is 3. The minimum atomic E-state index is -0.820. The Morgan fingerprint density at radius 3 is 2.65 bits per heavy atom. The third-order valence-corrected chi connectivity index (χ3v) is 4.28. The molecule has 0 spiro atoms. The summed E-state index contributed by atoms with van der Waals surface area (Å²) in [5.74, 6) is -1.36. The van der Waals surface area contributed by atoms with Crippen LogP contribution in [0.4, 0.5) is 4.79 Å². The Balaban J connectivity index is 1.88. The lowest BCUT2D eigenvalue weighted by Gasteiger charge is -2.09. The number of carbonyl (C=O) groups is 3. The van der Waals surface area contributed by atoms with E-state index in [1.54, 1.807) is 6.08 Å². The molecule has 2 aromatic carbocycles. The maximum absolute atomic E-state index is 12.2. The molecule has 1 fully saturated rings. The molecule has 1 saturated heterocycles. The zero-order valence-corrected chi connectivity index (χ0v) is 12.7. The largest absolute Gasteiger partial charge is 0.294 e. The van der Waals surface area contributed by atoms with E-state index in [0.29, 0.717) is 0 Å². The van der Waals surface area contributed by atoms with Crippen molar-refractivity contribution >= 4 is 45.7 Å². The zero-order valence-electron chi connectivity index (χ0n) is 11.9. The highest BCUT2D eigenvalue weighted by atomic mass is 32.2. The predicted octanol–water partition coefficient (Wildman–Crippen LogP) is 2.38. The molecule has 0 aromatic heterocycles. The first kappa shape index (κ1) is 15.3. The van der Waals surface area contributed by atoms with Crippen molar-refractivity contribution in [2.75, 3.05) is 6.54 Å². The second kappa shape index (κ2) is 6.23. The quantitative estimate of drug-likeness (QED) is 0.513. The van der Waals surface area contributed by atoms with E-state index in [1.807, 2.05) is 42.5 Å². The van der Waals surface area contributed by atoms with E-state index in [9.17, 15) is 14.4 Å². The summed E-state index contributed by atoms with van der Waals surface area (Å²) in [4.78, 5) is 36.2. The molecule has 116 valence electrons. The number of benzene rings is 2. The summed E-state index contributed by atoms with van der Waals surface area (Å²) in [7, 11) is 0. The van der Waals surface area contributed by atoms with Gasteiger partial charge >= 0.3 is 0 Å². The first-order chi connectivity index (χ1) is 11.1. The number of hydroxylamine groups is 1. The van der Waals surface area contributed by atoms with Crippen LogP contribution in [0.5, 0.6) is 0 Å². The van der Waals surface area contributed by atoms with Gasteiger partial charge in [0.15, 0.2) is 0 Å². The number of imide groups is 1. The molecular formula is C16H12N2O4S. The highest BCUT2D eigenvalue weighted by Crippen LogP contribution is 2.32. The number of hydrogen-bond donors (Lipinski definition) is 2. The molecule has 0 radical (unpaired) electrons. The van der Waals surface area contributed by atoms with Gasteiger partial charge in [-0.3, -0.25) is 24.5 Å². The van der Waals surface area contributed by atoms with Crippen molar-refractivity contribution < 1.29 is 19.6 Å². The summed E-state index contributed by atoms with van der Waals surface area (Å²) in [6.45, 7) is -0.504. The number of thioether (sulfide) groups is 1. The van der Waals surface area contributed by atoms with Gasteiger partial charge < -0.3 is 0 Å². The fourth-order valence-corrected chi connectivity index (χ4v) is 3.10. The molecule has 0 aliphatic carbocycles. The summed E-state index contributed by atoms with van der Waals surface area (Å²) < 4.78 is 0. The van der Waals surface area contributed by atoms with E-state index in [2.05, 4.69) is 0 Å². The highest BCUT2D eigenvalue weighted by Gasteiger charge is 2.36. The normalized spacial score (nSPS) is 16.4. The molecule has 1 heterocycles. The van der Waals surface area contributed by atoms with Gasteiger partial charge in [0.25, 0.3) is 17.1 Å². The van der Waals surface area contributed by atoms with Gasteiger partial charge in [-0.1, -0.05) is 36.4 Å². The summed E-state index contributed by atoms with van der Waals surface area (Å²) in [5.41, 5.74) is 2.20. The Bertz CT molecular complexity index is 847. The summed E-state index contributed by atoms with van der Waals surface area (Å²) in [5, 5.41) is 10.1. The molecule has 2 N–H and O–H groups in total. The standard InChI is InChI=1S/C16H12N2O4S/c19-14(17-22)9-18-15(20)13(23-16(18)21)8-10-5-6-11-3-1-2-4-12(11)7-10/h1-8,22H,9H2,(H,17,19)/b13-8-. The molecule has 23 heavy (non-hydrogen) atoms. The third-order valence-electron chi connectivity index (χ3n) is 3.37. The molecule has 0 saturated carbocycles. The van der Waals surface area contributed by atoms with Crippen LogP contribution in [0, 0.1) is 0 Å². The fraction of sp³-hybridized carbons (Fsp3) is 0.0625. The summed E-state index contributed by atoms with van der Waals surface area (Å²) in [6, 6.07) is 13.5. The Morgan fingerprint density at radius 2 is 1.91 bits per heavy atom. The molecular weight excluding hydrogens is 316 g/mol. The van der Waals surface area contributed by atoms with Crippen molar-refractivity contribution in [2.24, 2.45) is 0 Å². The third kappa shape index (κ3) is 3.10. The number of hydrogen-bond acceptors (Lipinski definition) is 5. The number of rotatable bonds is 3. The number of amides is 3. The molecule has 0 bridgehead atoms. The average molecular weight is 328 g/mol. The highest BCUT2D eigenvalue weighted by molar-refractivity contribution is 8.18. The second-order valence-corrected chi connectivity index (χ2v) is 5.90. The van der Waals surface area contributed by atoms with E-state index in [0.717, 1.165) is 33.0 Å². The van der Waals surface area contributed by atoms with Crippen molar-refractivity contribution in [1.29, 1.82) is 0 Å². The molecule has 7 heteroatoms. The van der Waals surface area contributed by atoms with Crippen LogP contribution in [-0.4, -0.2) is 33.7 Å². The van der Waals surface area contributed by atoms with Gasteiger partial charge in [-0.05, 0) is 40.2 Å². The second-order valence-electron chi connectivity index (χ2n) is 4.91. The molecule has 3 rings (SSSR count). The van der Waals surface area contributed by atoms with Gasteiger partial charge in [0, 0.05) is 0 Å². The maximum Gasteiger partial charge on any atom is 0.294 e. The smallest absolute Gasteiger partial charge is 0.289 e. The van der Waals surface area contributed by atoms with Crippen LogP contribution < -0.4 is 5.48 Å². The van der Waals surface area contributed by atoms with Crippen molar-refractivity contribution in [3.05, 3.63) is 52.9 Å². The minimum Gasteiger partial charge on any atom is -0.289 e. The Morgan fingerprint density at radius 1 is 1.17 bits per heavy atom. The first-order valence-corrected chi connectivity index (χ1v) is 7.57. The minimum absolute atomic E-state index is 0.246. The van der Waals surface area contributed by atoms with E-state index in [1.165, 1.54) is 5.48 Å². The molecule has 6 nitrogen and oxygen atoms in total. The molecule has 1 aliphatic rings. The Kier molecular flexibility index (Phi) is 4.14. The SMILES string of the molecule is O=C(CN1C(=O)S/C(=C\c2ccc3ccccc3c2)C1=O)NO. The fourth-order valence-electron chi connectivity index (χ4n) is 2.26. The van der Waals surface area contributed by atoms with Crippen LogP contribution in [0.25, 0.3) is 16.8 Å². The summed E-state index contributed by atoms with van der Waals surface area (Å²) in [6.07, 6.45) is 1.62. The van der Waals surface area contributed by atoms with Crippen molar-refractivity contribution in [2.45, 2.75) is 0 Å². The van der Waals surface area contributed by atoms with Gasteiger partial charge in [-0.25, -0.2) is 5.48 Å². The summed E-state index contributed by atoms with van der Waals surface area (Å²) >= 11 is 0.771. The topological polar surface area (TPSA) is 86.7 Å². The monoisotopic (exact) mass is 328 g/mol. The predicted molar refractivity (Wildman–Crippen MR) is 86.6 cm³/mol. The van der Waals surface area contributed by atoms with Crippen molar-refractivity contribution in [3.8, 4) is 0 Å². The maximum atomic E-state index is 12.2. The molecule has 0 unspecified atom stereocenters. The van der Waals surface area contributed by atoms with E-state index in [-0.39, 0.29) is 4.91 Å². The van der Waals surface area contributed by atoms with E-state index in [4.69, 9.17) is 5.21 Å². The van der Waals surface area contributed by atoms with Crippen LogP contribution in [0.2, 0.25) is 0 Å². The van der Waals surface area contributed by atoms with Crippen LogP contribution in [-0.2, 0) is 9.59 Å². The first-order valence-electron chi connectivity index (χ1n) is 6.75. The van der Waals surface area contributed by atoms with Crippen LogP contribution in [0.3, 0.4) is 0 Å². The van der Waals surface area contributed by atoms with Gasteiger partial charge in [-0.15, -0.1) is 0 Å². The number of nitrogens with zero attached hydrogens (tertiary/aromatic N) is 1. The van der Waals surface area contributed by atoms with Crippen LogP contribution in [0.1, 0.15) is 5.56 Å². The molecule has 3 amide bonds. The lowest BCUT2D eigenvalue weighted by molar-refractivity contribution is -0.134. The average Bonchev–Trinajstić information content (AvgIpc) is 2.82. The number of nitrogens with one attached hydrogen (secondary N) is 1. The zero-order chi connectivity index (χ0) is 16.4. The van der Waals surface area contributed by atoms with Crippen LogP contribution >= 0.6 is 11.8 Å². The lowest BCUT2D eigenvalue weighted by Crippen LogP contribution is -2.38. The van der Waals surface area contributed by atoms with Gasteiger partial charge in [0.1, 0.15) is 6.54 Å². The molecule has 0 atom stereocenters. The Hall–Kier alpha value is -2.64.